The van der Waals surface area contributed by atoms with E-state index in [-0.39, 0.29) is 0 Å². The minimum Gasteiger partial charge on any atom is -0.416 e. The maximum absolute atomic E-state index is 5.82. The van der Waals surface area contributed by atoms with E-state index in [2.05, 4.69) is 20.3 Å². The fourth-order valence-corrected chi connectivity index (χ4v) is 4.39. The second-order valence-corrected chi connectivity index (χ2v) is 8.18. The molecule has 1 aliphatic rings. The van der Waals surface area contributed by atoms with Gasteiger partial charge in [-0.15, -0.1) is 21.5 Å². The summed E-state index contributed by atoms with van der Waals surface area (Å²) in [4.78, 5) is 5.47. The zero-order chi connectivity index (χ0) is 16.9. The van der Waals surface area contributed by atoms with Crippen molar-refractivity contribution in [2.24, 2.45) is 0 Å². The molecule has 25 heavy (non-hydrogen) atoms. The highest BCUT2D eigenvalue weighted by Crippen LogP contribution is 2.33. The molecule has 1 aliphatic carbocycles. The summed E-state index contributed by atoms with van der Waals surface area (Å²) in [5.41, 5.74) is 0. The first-order chi connectivity index (χ1) is 12.4. The smallest absolute Gasteiger partial charge is 0.276 e. The van der Waals surface area contributed by atoms with Gasteiger partial charge in [0.2, 0.25) is 17.6 Å². The first-order valence-electron chi connectivity index (χ1n) is 8.71. The van der Waals surface area contributed by atoms with Gasteiger partial charge in [-0.25, -0.2) is 0 Å². The van der Waals surface area contributed by atoms with Crippen LogP contribution >= 0.6 is 23.1 Å². The lowest BCUT2D eigenvalue weighted by atomic mass is 9.89. The topological polar surface area (TPSA) is 77.8 Å². The fourth-order valence-electron chi connectivity index (χ4n) is 3.04. The molecule has 0 spiro atoms. The van der Waals surface area contributed by atoms with Crippen LogP contribution in [-0.4, -0.2) is 26.1 Å². The van der Waals surface area contributed by atoms with Crippen LogP contribution in [0, 0.1) is 0 Å². The predicted molar refractivity (Wildman–Crippen MR) is 96.8 cm³/mol. The van der Waals surface area contributed by atoms with Gasteiger partial charge < -0.3 is 8.94 Å². The molecule has 0 bridgehead atoms. The molecule has 0 aliphatic heterocycles. The second-order valence-electron chi connectivity index (χ2n) is 6.18. The summed E-state index contributed by atoms with van der Waals surface area (Å²) in [6.45, 7) is 0. The van der Waals surface area contributed by atoms with Crippen molar-refractivity contribution in [1.82, 2.24) is 20.3 Å². The molecule has 3 aromatic rings. The molecule has 1 saturated carbocycles. The Balaban J connectivity index is 1.22. The number of thioether (sulfide) groups is 1. The van der Waals surface area contributed by atoms with E-state index in [0.29, 0.717) is 22.9 Å². The first-order valence-corrected chi connectivity index (χ1v) is 10.6. The van der Waals surface area contributed by atoms with Crippen molar-refractivity contribution in [1.29, 1.82) is 0 Å². The Bertz CT molecular complexity index is 778. The van der Waals surface area contributed by atoms with E-state index in [4.69, 9.17) is 8.94 Å². The molecule has 0 unspecified atom stereocenters. The van der Waals surface area contributed by atoms with Gasteiger partial charge in [0.1, 0.15) is 0 Å². The van der Waals surface area contributed by atoms with Crippen molar-refractivity contribution >= 4 is 23.1 Å². The lowest BCUT2D eigenvalue weighted by Gasteiger charge is -2.17. The minimum absolute atomic E-state index is 0.463. The highest BCUT2D eigenvalue weighted by molar-refractivity contribution is 7.99. The number of aromatic nitrogens is 4. The van der Waals surface area contributed by atoms with Crippen LogP contribution in [0.3, 0.4) is 0 Å². The van der Waals surface area contributed by atoms with Crippen LogP contribution in [0.4, 0.5) is 0 Å². The summed E-state index contributed by atoms with van der Waals surface area (Å²) in [7, 11) is 0. The molecular weight excluding hydrogens is 356 g/mol. The van der Waals surface area contributed by atoms with Gasteiger partial charge >= 0.3 is 0 Å². The Morgan fingerprint density at radius 2 is 2.12 bits per heavy atom. The van der Waals surface area contributed by atoms with Crippen LogP contribution in [0.2, 0.25) is 0 Å². The summed E-state index contributed by atoms with van der Waals surface area (Å²) >= 11 is 3.21. The van der Waals surface area contributed by atoms with Crippen molar-refractivity contribution in [3.63, 3.8) is 0 Å². The van der Waals surface area contributed by atoms with E-state index < -0.39 is 0 Å². The van der Waals surface area contributed by atoms with Crippen LogP contribution in [0.25, 0.3) is 10.7 Å². The van der Waals surface area contributed by atoms with Crippen molar-refractivity contribution in [3.8, 4) is 10.7 Å². The van der Waals surface area contributed by atoms with Crippen LogP contribution in [0.15, 0.2) is 31.7 Å². The first kappa shape index (κ1) is 16.8. The zero-order valence-corrected chi connectivity index (χ0v) is 15.5. The number of nitrogens with zero attached hydrogens (tertiary/aromatic N) is 4. The fraction of sp³-hybridized carbons (Fsp3) is 0.529. The Morgan fingerprint density at radius 3 is 2.96 bits per heavy atom. The monoisotopic (exact) mass is 376 g/mol. The average Bonchev–Trinajstić information content (AvgIpc) is 3.40. The van der Waals surface area contributed by atoms with Crippen molar-refractivity contribution in [2.45, 2.75) is 56.1 Å². The summed E-state index contributed by atoms with van der Waals surface area (Å²) in [5, 5.41) is 15.1. The molecule has 8 heteroatoms. The Morgan fingerprint density at radius 1 is 1.20 bits per heavy atom. The number of thiophene rings is 1. The SMILES string of the molecule is c1csc(-c2noc(CCCSc3nnc(C4CCCCC4)o3)n2)c1. The molecule has 6 nitrogen and oxygen atoms in total. The molecular formula is C17H20N4O2S2. The van der Waals surface area contributed by atoms with Crippen molar-refractivity contribution in [3.05, 3.63) is 29.3 Å². The Kier molecular flexibility index (Phi) is 5.46. The summed E-state index contributed by atoms with van der Waals surface area (Å²) in [6.07, 6.45) is 7.91. The third-order valence-electron chi connectivity index (χ3n) is 4.35. The molecule has 0 N–H and O–H groups in total. The van der Waals surface area contributed by atoms with Crippen molar-refractivity contribution in [2.75, 3.05) is 5.75 Å². The maximum Gasteiger partial charge on any atom is 0.276 e. The summed E-state index contributed by atoms with van der Waals surface area (Å²) < 4.78 is 11.1. The van der Waals surface area contributed by atoms with Crippen LogP contribution in [0.1, 0.15) is 56.2 Å². The molecule has 3 heterocycles. The van der Waals surface area contributed by atoms with E-state index in [1.54, 1.807) is 23.1 Å². The number of hydrogen-bond acceptors (Lipinski definition) is 8. The highest BCUT2D eigenvalue weighted by Gasteiger charge is 2.21. The Hall–Kier alpha value is -1.67. The summed E-state index contributed by atoms with van der Waals surface area (Å²) in [6, 6.07) is 3.98. The number of aryl methyl sites for hydroxylation is 1. The standard InChI is InChI=1S/C17H20N4O2S2/c1-2-6-12(7-3-1)16-19-20-17(22-16)25-11-5-9-14-18-15(21-23-14)13-8-4-10-24-13/h4,8,10,12H,1-3,5-7,9,11H2. The van der Waals surface area contributed by atoms with Gasteiger partial charge in [-0.2, -0.15) is 4.98 Å². The van der Waals surface area contributed by atoms with Gasteiger partial charge in [-0.05, 0) is 30.7 Å². The lowest BCUT2D eigenvalue weighted by Crippen LogP contribution is -2.04. The molecule has 0 radical (unpaired) electrons. The maximum atomic E-state index is 5.82. The van der Waals surface area contributed by atoms with Gasteiger partial charge in [-0.3, -0.25) is 0 Å². The van der Waals surface area contributed by atoms with Gasteiger partial charge in [0, 0.05) is 18.1 Å². The van der Waals surface area contributed by atoms with E-state index in [0.717, 1.165) is 29.4 Å². The lowest BCUT2D eigenvalue weighted by molar-refractivity contribution is 0.334. The summed E-state index contributed by atoms with van der Waals surface area (Å²) in [5.74, 6) is 3.52. The predicted octanol–water partition coefficient (Wildman–Crippen LogP) is 4.95. The van der Waals surface area contributed by atoms with E-state index in [9.17, 15) is 0 Å². The highest BCUT2D eigenvalue weighted by atomic mass is 32.2. The molecule has 132 valence electrons. The average molecular weight is 377 g/mol. The van der Waals surface area contributed by atoms with Gasteiger partial charge in [0.05, 0.1) is 4.88 Å². The van der Waals surface area contributed by atoms with Crippen molar-refractivity contribution < 1.29 is 8.94 Å². The molecule has 0 atom stereocenters. The number of rotatable bonds is 7. The van der Waals surface area contributed by atoms with E-state index in [1.807, 2.05) is 17.5 Å². The van der Waals surface area contributed by atoms with Gasteiger partial charge in [0.25, 0.3) is 5.22 Å². The molecule has 0 amide bonds. The third kappa shape index (κ3) is 4.30. The minimum atomic E-state index is 0.463. The largest absolute Gasteiger partial charge is 0.416 e. The quantitative estimate of drug-likeness (QED) is 0.426. The molecule has 0 aromatic carbocycles. The third-order valence-corrected chi connectivity index (χ3v) is 6.12. The van der Waals surface area contributed by atoms with E-state index >= 15 is 0 Å². The van der Waals surface area contributed by atoms with Gasteiger partial charge in [0.15, 0.2) is 0 Å². The normalized spacial score (nSPS) is 15.7. The van der Waals surface area contributed by atoms with Gasteiger partial charge in [-0.1, -0.05) is 42.2 Å². The molecule has 0 saturated heterocycles. The van der Waals surface area contributed by atoms with E-state index in [1.165, 1.54) is 32.1 Å². The number of hydrogen-bond donors (Lipinski definition) is 0. The zero-order valence-electron chi connectivity index (χ0n) is 13.9. The van der Waals surface area contributed by atoms with Crippen LogP contribution in [0.5, 0.6) is 0 Å². The van der Waals surface area contributed by atoms with Crippen LogP contribution in [-0.2, 0) is 6.42 Å². The Labute approximate surface area is 154 Å². The molecule has 3 aromatic heterocycles. The second kappa shape index (κ2) is 8.14. The molecule has 1 fully saturated rings. The van der Waals surface area contributed by atoms with Crippen LogP contribution < -0.4 is 0 Å². The molecule has 4 rings (SSSR count).